The van der Waals surface area contributed by atoms with Crippen molar-refractivity contribution in [3.8, 4) is 11.3 Å². The third-order valence-electron chi connectivity index (χ3n) is 4.24. The summed E-state index contributed by atoms with van der Waals surface area (Å²) in [6, 6.07) is 13.9. The maximum Gasteiger partial charge on any atom is 0.263 e. The summed E-state index contributed by atoms with van der Waals surface area (Å²) in [4.78, 5) is 0.237. The zero-order valence-corrected chi connectivity index (χ0v) is 14.8. The maximum absolute atomic E-state index is 12.6. The molecule has 0 bridgehead atoms. The third kappa shape index (κ3) is 3.27. The predicted molar refractivity (Wildman–Crippen MR) is 96.2 cm³/mol. The first-order valence-electron chi connectivity index (χ1n) is 7.88. The molecule has 1 aliphatic carbocycles. The summed E-state index contributed by atoms with van der Waals surface area (Å²) in [5.74, 6) is 0.574. The molecule has 0 atom stereocenters. The molecule has 1 aliphatic rings. The second-order valence-corrected chi connectivity index (χ2v) is 8.10. The van der Waals surface area contributed by atoms with Gasteiger partial charge in [-0.15, -0.1) is 0 Å². The minimum absolute atomic E-state index is 0.135. The van der Waals surface area contributed by atoms with Gasteiger partial charge < -0.3 is 4.52 Å². The Hall–Kier alpha value is -2.31. The monoisotopic (exact) mass is 374 g/mol. The molecule has 0 saturated carbocycles. The lowest BCUT2D eigenvalue weighted by molar-refractivity contribution is 0.435. The molecule has 25 heavy (non-hydrogen) atoms. The van der Waals surface area contributed by atoms with Crippen LogP contribution in [0.1, 0.15) is 17.5 Å². The Bertz CT molecular complexity index is 1040. The molecule has 1 heterocycles. The molecule has 3 aromatic rings. The van der Waals surface area contributed by atoms with E-state index in [0.29, 0.717) is 10.8 Å². The van der Waals surface area contributed by atoms with Crippen molar-refractivity contribution in [2.75, 3.05) is 4.72 Å². The van der Waals surface area contributed by atoms with E-state index in [-0.39, 0.29) is 10.7 Å². The predicted octanol–water partition coefficient (Wildman–Crippen LogP) is 4.28. The van der Waals surface area contributed by atoms with Gasteiger partial charge in [-0.2, -0.15) is 0 Å². The maximum atomic E-state index is 12.6. The molecule has 1 N–H and O–H groups in total. The van der Waals surface area contributed by atoms with Gasteiger partial charge >= 0.3 is 0 Å². The van der Waals surface area contributed by atoms with Crippen molar-refractivity contribution in [1.29, 1.82) is 0 Å². The average Bonchev–Trinajstić information content (AvgIpc) is 3.22. The quantitative estimate of drug-likeness (QED) is 0.739. The molecule has 4 rings (SSSR count). The van der Waals surface area contributed by atoms with E-state index in [1.54, 1.807) is 30.3 Å². The van der Waals surface area contributed by atoms with Crippen LogP contribution in [0.4, 0.5) is 5.82 Å². The molecule has 0 amide bonds. The standard InChI is InChI=1S/C18H15ClN2O3S/c19-15-6-2-5-14(9-15)17-11-18(20-24-17)21-25(22,23)16-8-7-12-3-1-4-13(12)10-16/h2,5-11H,1,3-4H2,(H,20,21). The largest absolute Gasteiger partial charge is 0.354 e. The van der Waals surface area contributed by atoms with E-state index in [1.807, 2.05) is 12.1 Å². The third-order valence-corrected chi connectivity index (χ3v) is 5.83. The van der Waals surface area contributed by atoms with Gasteiger partial charge in [0.1, 0.15) is 0 Å². The number of anilines is 1. The molecule has 0 unspecified atom stereocenters. The zero-order chi connectivity index (χ0) is 17.4. The summed E-state index contributed by atoms with van der Waals surface area (Å²) in [5.41, 5.74) is 3.05. The highest BCUT2D eigenvalue weighted by atomic mass is 35.5. The van der Waals surface area contributed by atoms with Crippen LogP contribution in [0.2, 0.25) is 5.02 Å². The first-order valence-corrected chi connectivity index (χ1v) is 9.75. The Morgan fingerprint density at radius 1 is 1.04 bits per heavy atom. The van der Waals surface area contributed by atoms with E-state index >= 15 is 0 Å². The Kier molecular flexibility index (Phi) is 4.01. The van der Waals surface area contributed by atoms with Crippen LogP contribution in [0.5, 0.6) is 0 Å². The van der Waals surface area contributed by atoms with E-state index in [2.05, 4.69) is 9.88 Å². The molecule has 0 aliphatic heterocycles. The van der Waals surface area contributed by atoms with E-state index < -0.39 is 10.0 Å². The molecule has 0 radical (unpaired) electrons. The minimum atomic E-state index is -3.71. The fourth-order valence-corrected chi connectivity index (χ4v) is 4.24. The number of halogens is 1. The van der Waals surface area contributed by atoms with Crippen LogP contribution in [0.25, 0.3) is 11.3 Å². The first-order chi connectivity index (χ1) is 12.0. The summed E-state index contributed by atoms with van der Waals surface area (Å²) in [6.07, 6.45) is 3.00. The van der Waals surface area contributed by atoms with Crippen LogP contribution in [0.15, 0.2) is 57.9 Å². The average molecular weight is 375 g/mol. The topological polar surface area (TPSA) is 72.2 Å². The van der Waals surface area contributed by atoms with Gasteiger partial charge in [-0.3, -0.25) is 4.72 Å². The fourth-order valence-electron chi connectivity index (χ4n) is 3.01. The molecular weight excluding hydrogens is 360 g/mol. The molecule has 1 aromatic heterocycles. The fraction of sp³-hybridized carbons (Fsp3) is 0.167. The number of sulfonamides is 1. The molecule has 0 saturated heterocycles. The summed E-state index contributed by atoms with van der Waals surface area (Å²) >= 11 is 5.96. The number of benzene rings is 2. The lowest BCUT2D eigenvalue weighted by atomic mass is 10.1. The van der Waals surface area contributed by atoms with E-state index in [1.165, 1.54) is 11.6 Å². The van der Waals surface area contributed by atoms with E-state index in [9.17, 15) is 8.42 Å². The summed E-state index contributed by atoms with van der Waals surface area (Å²) in [7, 11) is -3.71. The molecule has 128 valence electrons. The zero-order valence-electron chi connectivity index (χ0n) is 13.2. The summed E-state index contributed by atoms with van der Waals surface area (Å²) < 4.78 is 32.9. The molecule has 2 aromatic carbocycles. The second kappa shape index (κ2) is 6.20. The van der Waals surface area contributed by atoms with Crippen molar-refractivity contribution in [3.05, 3.63) is 64.7 Å². The number of aromatic nitrogens is 1. The van der Waals surface area contributed by atoms with Gasteiger partial charge in [0.05, 0.1) is 4.90 Å². The highest BCUT2D eigenvalue weighted by Gasteiger charge is 2.20. The van der Waals surface area contributed by atoms with Crippen molar-refractivity contribution in [1.82, 2.24) is 5.16 Å². The van der Waals surface area contributed by atoms with Crippen LogP contribution in [-0.2, 0) is 22.9 Å². The van der Waals surface area contributed by atoms with Crippen LogP contribution in [0, 0.1) is 0 Å². The minimum Gasteiger partial charge on any atom is -0.354 e. The Balaban J connectivity index is 1.59. The number of hydrogen-bond donors (Lipinski definition) is 1. The van der Waals surface area contributed by atoms with Crippen molar-refractivity contribution >= 4 is 27.4 Å². The molecule has 5 nitrogen and oxygen atoms in total. The molecule has 7 heteroatoms. The van der Waals surface area contributed by atoms with Gasteiger partial charge in [-0.1, -0.05) is 35.0 Å². The number of aryl methyl sites for hydroxylation is 2. The van der Waals surface area contributed by atoms with Gasteiger partial charge in [-0.05, 0) is 54.7 Å². The van der Waals surface area contributed by atoms with Crippen molar-refractivity contribution in [3.63, 3.8) is 0 Å². The number of fused-ring (bicyclic) bond motifs is 1. The van der Waals surface area contributed by atoms with Crippen molar-refractivity contribution < 1.29 is 12.9 Å². The first kappa shape index (κ1) is 16.2. The number of rotatable bonds is 4. The Morgan fingerprint density at radius 2 is 1.88 bits per heavy atom. The smallest absolute Gasteiger partial charge is 0.263 e. The lowest BCUT2D eigenvalue weighted by Crippen LogP contribution is -2.13. The van der Waals surface area contributed by atoms with E-state index in [0.717, 1.165) is 30.4 Å². The lowest BCUT2D eigenvalue weighted by Gasteiger charge is -2.07. The van der Waals surface area contributed by atoms with Crippen LogP contribution in [0.3, 0.4) is 0 Å². The Morgan fingerprint density at radius 3 is 2.72 bits per heavy atom. The Labute approximate surface area is 150 Å². The summed E-state index contributed by atoms with van der Waals surface area (Å²) in [6.45, 7) is 0. The molecule has 0 spiro atoms. The number of nitrogens with one attached hydrogen (secondary N) is 1. The highest BCUT2D eigenvalue weighted by molar-refractivity contribution is 7.92. The van der Waals surface area contributed by atoms with Crippen LogP contribution in [-0.4, -0.2) is 13.6 Å². The van der Waals surface area contributed by atoms with Crippen LogP contribution < -0.4 is 4.72 Å². The molecular formula is C18H15ClN2O3S. The van der Waals surface area contributed by atoms with Gasteiger partial charge in [0.15, 0.2) is 11.6 Å². The number of nitrogens with zero attached hydrogens (tertiary/aromatic N) is 1. The SMILES string of the molecule is O=S(=O)(Nc1cc(-c2cccc(Cl)c2)on1)c1ccc2c(c1)CCC2. The second-order valence-electron chi connectivity index (χ2n) is 5.98. The van der Waals surface area contributed by atoms with Gasteiger partial charge in [0.2, 0.25) is 0 Å². The van der Waals surface area contributed by atoms with Gasteiger partial charge in [0.25, 0.3) is 10.0 Å². The van der Waals surface area contributed by atoms with E-state index in [4.69, 9.17) is 16.1 Å². The molecule has 0 fully saturated rings. The van der Waals surface area contributed by atoms with Gasteiger partial charge in [0, 0.05) is 16.7 Å². The normalized spacial score (nSPS) is 13.6. The summed E-state index contributed by atoms with van der Waals surface area (Å²) in [5, 5.41) is 4.36. The highest BCUT2D eigenvalue weighted by Crippen LogP contribution is 2.28. The van der Waals surface area contributed by atoms with Crippen molar-refractivity contribution in [2.24, 2.45) is 0 Å². The van der Waals surface area contributed by atoms with Gasteiger partial charge in [-0.25, -0.2) is 8.42 Å². The number of hydrogen-bond acceptors (Lipinski definition) is 4. The van der Waals surface area contributed by atoms with Crippen molar-refractivity contribution in [2.45, 2.75) is 24.2 Å². The van der Waals surface area contributed by atoms with Crippen LogP contribution >= 0.6 is 11.6 Å².